The first-order chi connectivity index (χ1) is 11.1. The summed E-state index contributed by atoms with van der Waals surface area (Å²) in [6.45, 7) is 0. The minimum atomic E-state index is 0. The van der Waals surface area contributed by atoms with Crippen LogP contribution in [0.3, 0.4) is 0 Å². The Kier molecular flexibility index (Phi) is 99.8. The Morgan fingerprint density at radius 1 is 0.600 bits per heavy atom. The first-order valence-corrected chi connectivity index (χ1v) is 6.67. The van der Waals surface area contributed by atoms with E-state index in [2.05, 4.69) is 36.7 Å². The SMILES string of the molecule is CN(C)C=O.CN(C)C=O.CN(C)C=O.[Fe+3].[N-]=C=S.[N-]=C=S.[N-]=C=S. The van der Waals surface area contributed by atoms with E-state index in [1.807, 2.05) is 0 Å². The third-order valence-corrected chi connectivity index (χ3v) is 0.632. The number of amides is 3. The average Bonchev–Trinajstić information content (AvgIpc) is 2.50. The predicted molar refractivity (Wildman–Crippen MR) is 107 cm³/mol. The molecule has 0 fully saturated rings. The zero-order valence-corrected chi connectivity index (χ0v) is 18.3. The van der Waals surface area contributed by atoms with Crippen molar-refractivity contribution in [3.05, 3.63) is 16.2 Å². The van der Waals surface area contributed by atoms with Crippen LogP contribution < -0.4 is 0 Å². The van der Waals surface area contributed by atoms with Gasteiger partial charge in [0.1, 0.15) is 0 Å². The molecule has 0 aliphatic heterocycles. The van der Waals surface area contributed by atoms with Crippen LogP contribution in [0.5, 0.6) is 0 Å². The molecule has 0 heterocycles. The van der Waals surface area contributed by atoms with E-state index in [9.17, 15) is 14.4 Å². The van der Waals surface area contributed by atoms with Crippen LogP contribution in [0.1, 0.15) is 0 Å². The van der Waals surface area contributed by atoms with Crippen LogP contribution in [0.25, 0.3) is 16.2 Å². The molecule has 25 heavy (non-hydrogen) atoms. The van der Waals surface area contributed by atoms with Crippen LogP contribution in [-0.2, 0) is 31.5 Å². The molecular formula is C12H21FeN6O3S3. The second kappa shape index (κ2) is 57.2. The largest absolute Gasteiger partial charge is 3.00 e. The number of isothiocyanates is 3. The molecule has 0 bridgehead atoms. The van der Waals surface area contributed by atoms with Gasteiger partial charge in [-0.05, 0) is 0 Å². The molecule has 3 amide bonds. The van der Waals surface area contributed by atoms with E-state index in [-0.39, 0.29) is 17.1 Å². The summed E-state index contributed by atoms with van der Waals surface area (Å²) in [7, 11) is 10.1. The van der Waals surface area contributed by atoms with Crippen LogP contribution in [0.15, 0.2) is 0 Å². The number of thiocarbonyl (C=S) groups is 3. The Bertz CT molecular complexity index is 321. The molecule has 1 radical (unpaired) electrons. The smallest absolute Gasteiger partial charge is 0.753 e. The topological polar surface area (TPSA) is 128 Å². The Morgan fingerprint density at radius 2 is 0.640 bits per heavy atom. The average molecular weight is 449 g/mol. The molecule has 0 saturated carbocycles. The second-order valence-corrected chi connectivity index (χ2v) is 4.03. The van der Waals surface area contributed by atoms with Gasteiger partial charge in [-0.15, -0.1) is 0 Å². The number of nitrogens with zero attached hydrogens (tertiary/aromatic N) is 6. The summed E-state index contributed by atoms with van der Waals surface area (Å²) in [5, 5.41) is 25.4. The van der Waals surface area contributed by atoms with Crippen LogP contribution in [0, 0.1) is 0 Å². The Morgan fingerprint density at radius 3 is 0.640 bits per heavy atom. The van der Waals surface area contributed by atoms with Crippen molar-refractivity contribution >= 4 is 71.4 Å². The summed E-state index contributed by atoms with van der Waals surface area (Å²) < 4.78 is 0. The standard InChI is InChI=1S/3C3H7NO.3CNS.Fe/c3*1-4(2)3-5;3*2-1-3;/h3*3H,1-2H3;;;;/q;;;3*-1;+3. The molecule has 0 rings (SSSR count). The van der Waals surface area contributed by atoms with E-state index in [1.165, 1.54) is 30.2 Å². The molecular weight excluding hydrogens is 428 g/mol. The third kappa shape index (κ3) is 492. The van der Waals surface area contributed by atoms with Gasteiger partial charge in [-0.2, -0.15) is 15.5 Å². The van der Waals surface area contributed by atoms with E-state index in [1.54, 1.807) is 42.3 Å². The van der Waals surface area contributed by atoms with Gasteiger partial charge in [0, 0.05) is 42.3 Å². The van der Waals surface area contributed by atoms with Gasteiger partial charge in [0.05, 0.1) is 0 Å². The molecule has 0 unspecified atom stereocenters. The van der Waals surface area contributed by atoms with Crippen molar-refractivity contribution < 1.29 is 31.5 Å². The van der Waals surface area contributed by atoms with Crippen molar-refractivity contribution in [2.24, 2.45) is 0 Å². The summed E-state index contributed by atoms with van der Waals surface area (Å²) in [4.78, 5) is 32.6. The maximum atomic E-state index is 9.43. The summed E-state index contributed by atoms with van der Waals surface area (Å²) in [6, 6.07) is 0. The molecule has 13 heteroatoms. The van der Waals surface area contributed by atoms with Crippen molar-refractivity contribution in [2.75, 3.05) is 42.3 Å². The zero-order chi connectivity index (χ0) is 21.0. The minimum absolute atomic E-state index is 0. The summed E-state index contributed by atoms with van der Waals surface area (Å²) in [5.74, 6) is 0. The number of carbonyl (C=O) groups excluding carboxylic acids is 3. The number of carbonyl (C=O) groups is 3. The van der Waals surface area contributed by atoms with Crippen molar-refractivity contribution in [1.82, 2.24) is 14.7 Å². The molecule has 0 N–H and O–H groups in total. The van der Waals surface area contributed by atoms with Gasteiger partial charge in [-0.25, -0.2) is 0 Å². The Labute approximate surface area is 175 Å². The first-order valence-electron chi connectivity index (χ1n) is 5.45. The summed E-state index contributed by atoms with van der Waals surface area (Å²) in [5.41, 5.74) is 0. The van der Waals surface area contributed by atoms with Crippen molar-refractivity contribution in [3.8, 4) is 0 Å². The maximum Gasteiger partial charge on any atom is 3.00 e. The van der Waals surface area contributed by atoms with Crippen LogP contribution >= 0.6 is 36.7 Å². The predicted octanol–water partition coefficient (Wildman–Crippen LogP) is 1.09. The van der Waals surface area contributed by atoms with E-state index >= 15 is 0 Å². The zero-order valence-electron chi connectivity index (χ0n) is 14.7. The molecule has 0 aliphatic rings. The Balaban J connectivity index is -0.0000000314. The molecule has 143 valence electrons. The van der Waals surface area contributed by atoms with E-state index < -0.39 is 0 Å². The van der Waals surface area contributed by atoms with Crippen molar-refractivity contribution in [2.45, 2.75) is 0 Å². The number of hydrogen-bond donors (Lipinski definition) is 0. The normalized spacial score (nSPS) is 5.04. The third-order valence-electron chi connectivity index (χ3n) is 0.632. The number of rotatable bonds is 3. The van der Waals surface area contributed by atoms with E-state index in [0.29, 0.717) is 0 Å². The molecule has 0 spiro atoms. The van der Waals surface area contributed by atoms with Gasteiger partial charge in [0.25, 0.3) is 0 Å². The monoisotopic (exact) mass is 449 g/mol. The molecule has 9 nitrogen and oxygen atoms in total. The van der Waals surface area contributed by atoms with E-state index in [4.69, 9.17) is 16.2 Å². The van der Waals surface area contributed by atoms with Crippen molar-refractivity contribution in [3.63, 3.8) is 0 Å². The van der Waals surface area contributed by atoms with Crippen LogP contribution in [0.4, 0.5) is 0 Å². The maximum absolute atomic E-state index is 9.43. The minimum Gasteiger partial charge on any atom is -0.753 e. The van der Waals surface area contributed by atoms with Gasteiger partial charge >= 0.3 is 17.1 Å². The fraction of sp³-hybridized carbons (Fsp3) is 0.500. The first kappa shape index (κ1) is 43.6. The molecule has 0 aliphatic carbocycles. The summed E-state index contributed by atoms with van der Waals surface area (Å²) >= 11 is 11.1. The fourth-order valence-electron chi connectivity index (χ4n) is 0. The van der Waals surface area contributed by atoms with Crippen LogP contribution in [0.2, 0.25) is 0 Å². The van der Waals surface area contributed by atoms with Gasteiger partial charge in [0.15, 0.2) is 0 Å². The van der Waals surface area contributed by atoms with Gasteiger partial charge < -0.3 is 30.9 Å². The number of hydrogen-bond acceptors (Lipinski definition) is 6. The van der Waals surface area contributed by atoms with Gasteiger partial charge in [-0.1, -0.05) is 36.7 Å². The Hall–Kier alpha value is -1.67. The van der Waals surface area contributed by atoms with Crippen LogP contribution in [-0.4, -0.2) is 91.7 Å². The molecule has 0 aromatic carbocycles. The van der Waals surface area contributed by atoms with Crippen molar-refractivity contribution in [1.29, 1.82) is 0 Å². The van der Waals surface area contributed by atoms with Gasteiger partial charge in [-0.3, -0.25) is 14.4 Å². The molecule has 0 aromatic heterocycles. The summed E-state index contributed by atoms with van der Waals surface area (Å²) in [6.07, 6.45) is 2.25. The van der Waals surface area contributed by atoms with Gasteiger partial charge in [0.2, 0.25) is 19.2 Å². The molecule has 0 saturated heterocycles. The quantitative estimate of drug-likeness (QED) is 0.275. The second-order valence-electron chi connectivity index (χ2n) is 3.48. The fourth-order valence-corrected chi connectivity index (χ4v) is 0. The molecule has 0 atom stereocenters. The molecule has 0 aromatic rings. The van der Waals surface area contributed by atoms with E-state index in [0.717, 1.165) is 19.2 Å².